The van der Waals surface area contributed by atoms with E-state index < -0.39 is 0 Å². The normalized spacial score (nSPS) is 21.7. The van der Waals surface area contributed by atoms with Crippen molar-refractivity contribution >= 4 is 5.71 Å². The molecule has 1 heteroatoms. The Morgan fingerprint density at radius 3 is 3.00 bits per heavy atom. The summed E-state index contributed by atoms with van der Waals surface area (Å²) in [5, 5.41) is 7.59. The minimum atomic E-state index is 0.647. The van der Waals surface area contributed by atoms with Gasteiger partial charge in [-0.2, -0.15) is 0 Å². The van der Waals surface area contributed by atoms with Gasteiger partial charge in [0.2, 0.25) is 0 Å². The molecule has 0 aromatic rings. The van der Waals surface area contributed by atoms with Gasteiger partial charge >= 0.3 is 0 Å². The first-order chi connectivity index (χ1) is 5.25. The van der Waals surface area contributed by atoms with Crippen molar-refractivity contribution < 1.29 is 0 Å². The van der Waals surface area contributed by atoms with Crippen molar-refractivity contribution in [1.29, 1.82) is 5.41 Å². The Kier molecular flexibility index (Phi) is 2.42. The van der Waals surface area contributed by atoms with Crippen molar-refractivity contribution in [3.05, 3.63) is 36.0 Å². The highest BCUT2D eigenvalue weighted by molar-refractivity contribution is 6.07. The Bertz CT molecular complexity index is 244. The lowest BCUT2D eigenvalue weighted by Crippen LogP contribution is -2.03. The van der Waals surface area contributed by atoms with E-state index >= 15 is 0 Å². The lowest BCUT2D eigenvalue weighted by molar-refractivity contribution is 0.990. The molecule has 0 saturated carbocycles. The average molecular weight is 147 g/mol. The Balaban J connectivity index is 2.97. The average Bonchev–Trinajstić information content (AvgIpc) is 2.04. The van der Waals surface area contributed by atoms with Crippen LogP contribution in [0.2, 0.25) is 0 Å². The molecule has 0 bridgehead atoms. The van der Waals surface area contributed by atoms with Gasteiger partial charge in [-0.05, 0) is 37.0 Å². The van der Waals surface area contributed by atoms with Crippen molar-refractivity contribution in [1.82, 2.24) is 0 Å². The molecule has 0 saturated heterocycles. The van der Waals surface area contributed by atoms with Crippen LogP contribution in [0, 0.1) is 5.41 Å². The Morgan fingerprint density at radius 2 is 2.45 bits per heavy atom. The summed E-state index contributed by atoms with van der Waals surface area (Å²) < 4.78 is 0. The van der Waals surface area contributed by atoms with Gasteiger partial charge in [0.15, 0.2) is 0 Å². The van der Waals surface area contributed by atoms with Crippen LogP contribution in [0.1, 0.15) is 19.8 Å². The maximum atomic E-state index is 7.59. The van der Waals surface area contributed by atoms with Gasteiger partial charge in [-0.3, -0.25) is 0 Å². The Labute approximate surface area is 67.6 Å². The van der Waals surface area contributed by atoms with Crippen LogP contribution in [0.5, 0.6) is 0 Å². The van der Waals surface area contributed by atoms with Crippen LogP contribution in [-0.4, -0.2) is 5.71 Å². The molecule has 0 radical (unpaired) electrons. The fourth-order valence-electron chi connectivity index (χ4n) is 1.20. The molecule has 1 aliphatic rings. The van der Waals surface area contributed by atoms with Gasteiger partial charge < -0.3 is 5.41 Å². The highest BCUT2D eigenvalue weighted by atomic mass is 14.4. The van der Waals surface area contributed by atoms with Crippen molar-refractivity contribution in [2.75, 3.05) is 0 Å². The second-order valence-corrected chi connectivity index (χ2v) is 2.72. The van der Waals surface area contributed by atoms with Crippen LogP contribution >= 0.6 is 0 Å². The molecule has 1 nitrogen and oxygen atoms in total. The third kappa shape index (κ3) is 1.67. The molecule has 11 heavy (non-hydrogen) atoms. The second-order valence-electron chi connectivity index (χ2n) is 2.72. The highest BCUT2D eigenvalue weighted by Crippen LogP contribution is 2.18. The molecule has 0 aromatic heterocycles. The third-order valence-corrected chi connectivity index (χ3v) is 1.95. The molecule has 0 amide bonds. The van der Waals surface area contributed by atoms with Crippen molar-refractivity contribution in [3.8, 4) is 0 Å². The first-order valence-electron chi connectivity index (χ1n) is 3.83. The smallest absolute Gasteiger partial charge is 0.0571 e. The van der Waals surface area contributed by atoms with Gasteiger partial charge in [0.05, 0.1) is 5.71 Å². The van der Waals surface area contributed by atoms with E-state index in [2.05, 4.69) is 6.58 Å². The molecule has 0 unspecified atom stereocenters. The summed E-state index contributed by atoms with van der Waals surface area (Å²) in [5.74, 6) is 0. The number of allylic oxidation sites excluding steroid dienone is 5. The molecule has 0 fully saturated rings. The molecule has 0 heterocycles. The summed E-state index contributed by atoms with van der Waals surface area (Å²) in [4.78, 5) is 0. The maximum absolute atomic E-state index is 7.59. The minimum Gasteiger partial charge on any atom is -0.301 e. The number of hydrogen-bond donors (Lipinski definition) is 1. The zero-order valence-corrected chi connectivity index (χ0v) is 6.85. The van der Waals surface area contributed by atoms with E-state index in [-0.39, 0.29) is 0 Å². The number of nitrogens with one attached hydrogen (secondary N) is 1. The molecular formula is C10H13N. The van der Waals surface area contributed by atoms with E-state index in [1.165, 1.54) is 0 Å². The number of hydrogen-bond acceptors (Lipinski definition) is 1. The first kappa shape index (κ1) is 7.99. The maximum Gasteiger partial charge on any atom is 0.0571 e. The molecule has 58 valence electrons. The van der Waals surface area contributed by atoms with E-state index in [4.69, 9.17) is 5.41 Å². The summed E-state index contributed by atoms with van der Waals surface area (Å²) in [7, 11) is 0. The van der Waals surface area contributed by atoms with Crippen LogP contribution in [0.4, 0.5) is 0 Å². The highest BCUT2D eigenvalue weighted by Gasteiger charge is 2.07. The summed E-state index contributed by atoms with van der Waals surface area (Å²) in [6.07, 6.45) is 7.78. The summed E-state index contributed by atoms with van der Waals surface area (Å²) in [6.45, 7) is 5.70. The molecule has 0 atom stereocenters. The fraction of sp³-hybridized carbons (Fsp3) is 0.300. The standard InChI is InChI=1S/C10H13N/c1-3-8(2)9-6-4-5-7-10(9)11/h3,5,7,11H,1,4,6H2,2H3/b9-8-,11-10?. The molecule has 1 rings (SSSR count). The van der Waals surface area contributed by atoms with Crippen LogP contribution in [0.15, 0.2) is 36.0 Å². The SMILES string of the molecule is C=C/C(C)=C1/CCC=CC1=N. The number of rotatable bonds is 1. The van der Waals surface area contributed by atoms with Gasteiger partial charge in [-0.25, -0.2) is 0 Å². The zero-order chi connectivity index (χ0) is 8.27. The van der Waals surface area contributed by atoms with E-state index in [1.54, 1.807) is 0 Å². The summed E-state index contributed by atoms with van der Waals surface area (Å²) >= 11 is 0. The molecule has 1 aliphatic carbocycles. The van der Waals surface area contributed by atoms with E-state index in [9.17, 15) is 0 Å². The zero-order valence-electron chi connectivity index (χ0n) is 6.85. The lowest BCUT2D eigenvalue weighted by Gasteiger charge is -2.11. The van der Waals surface area contributed by atoms with E-state index in [0.29, 0.717) is 5.71 Å². The van der Waals surface area contributed by atoms with Crippen LogP contribution in [0.25, 0.3) is 0 Å². The second kappa shape index (κ2) is 3.33. The lowest BCUT2D eigenvalue weighted by atomic mass is 9.95. The molecule has 0 aromatic carbocycles. The molecule has 0 spiro atoms. The first-order valence-corrected chi connectivity index (χ1v) is 3.83. The van der Waals surface area contributed by atoms with Crippen molar-refractivity contribution in [2.24, 2.45) is 0 Å². The quantitative estimate of drug-likeness (QED) is 0.589. The third-order valence-electron chi connectivity index (χ3n) is 1.95. The van der Waals surface area contributed by atoms with Gasteiger partial charge in [0.25, 0.3) is 0 Å². The van der Waals surface area contributed by atoms with Crippen molar-refractivity contribution in [2.45, 2.75) is 19.8 Å². The predicted molar refractivity (Wildman–Crippen MR) is 49.0 cm³/mol. The molecular weight excluding hydrogens is 134 g/mol. The van der Waals surface area contributed by atoms with Gasteiger partial charge in [-0.15, -0.1) is 0 Å². The van der Waals surface area contributed by atoms with Gasteiger partial charge in [0.1, 0.15) is 0 Å². The predicted octanol–water partition coefficient (Wildman–Crippen LogP) is 2.86. The fourth-order valence-corrected chi connectivity index (χ4v) is 1.20. The monoisotopic (exact) mass is 147 g/mol. The van der Waals surface area contributed by atoms with Crippen LogP contribution < -0.4 is 0 Å². The van der Waals surface area contributed by atoms with Gasteiger partial charge in [0, 0.05) is 0 Å². The van der Waals surface area contributed by atoms with Gasteiger partial charge in [-0.1, -0.05) is 18.7 Å². The van der Waals surface area contributed by atoms with Crippen LogP contribution in [0.3, 0.4) is 0 Å². The Hall–Kier alpha value is -1.11. The summed E-state index contributed by atoms with van der Waals surface area (Å²) in [5.41, 5.74) is 2.93. The largest absolute Gasteiger partial charge is 0.301 e. The molecule has 0 aliphatic heterocycles. The topological polar surface area (TPSA) is 23.9 Å². The van der Waals surface area contributed by atoms with Crippen LogP contribution in [-0.2, 0) is 0 Å². The van der Waals surface area contributed by atoms with E-state index in [0.717, 1.165) is 24.0 Å². The summed E-state index contributed by atoms with van der Waals surface area (Å²) in [6, 6.07) is 0. The molecule has 1 N–H and O–H groups in total. The minimum absolute atomic E-state index is 0.647. The Morgan fingerprint density at radius 1 is 1.73 bits per heavy atom. The van der Waals surface area contributed by atoms with Crippen molar-refractivity contribution in [3.63, 3.8) is 0 Å². The van der Waals surface area contributed by atoms with E-state index in [1.807, 2.05) is 25.2 Å².